The van der Waals surface area contributed by atoms with Gasteiger partial charge in [0.25, 0.3) is 0 Å². The van der Waals surface area contributed by atoms with E-state index in [1.54, 1.807) is 18.2 Å². The SMILES string of the molecule is COc1cc(C=CC(O)c2cc(OC)c(O)c(OC)c2)cc(OC)c1O. The standard InChI is InChI=1S/C19H22O7/c1-23-14-7-11(8-15(24-2)18(14)21)5-6-13(20)12-9-16(25-3)19(22)17(10-12)26-4/h5-10,13,20-22H,1-4H3. The number of phenolic OH excluding ortho intramolecular Hbond substituents is 2. The van der Waals surface area contributed by atoms with Crippen molar-refractivity contribution in [2.75, 3.05) is 28.4 Å². The van der Waals surface area contributed by atoms with E-state index in [1.807, 2.05) is 0 Å². The molecular formula is C19H22O7. The molecule has 2 rings (SSSR count). The van der Waals surface area contributed by atoms with Crippen molar-refractivity contribution in [2.24, 2.45) is 0 Å². The van der Waals surface area contributed by atoms with E-state index in [2.05, 4.69) is 0 Å². The monoisotopic (exact) mass is 362 g/mol. The van der Waals surface area contributed by atoms with Crippen LogP contribution in [0.1, 0.15) is 17.2 Å². The number of phenols is 2. The number of methoxy groups -OCH3 is 4. The van der Waals surface area contributed by atoms with Crippen LogP contribution in [0.15, 0.2) is 30.3 Å². The molecule has 0 bridgehead atoms. The predicted molar refractivity (Wildman–Crippen MR) is 96.4 cm³/mol. The van der Waals surface area contributed by atoms with E-state index in [0.717, 1.165) is 0 Å². The zero-order chi connectivity index (χ0) is 19.3. The predicted octanol–water partition coefficient (Wildman–Crippen LogP) is 2.88. The van der Waals surface area contributed by atoms with Crippen LogP contribution >= 0.6 is 0 Å². The maximum absolute atomic E-state index is 10.4. The van der Waals surface area contributed by atoms with Crippen molar-refractivity contribution in [3.8, 4) is 34.5 Å². The number of ether oxygens (including phenoxy) is 4. The molecule has 0 aliphatic heterocycles. The van der Waals surface area contributed by atoms with Crippen molar-refractivity contribution in [1.29, 1.82) is 0 Å². The van der Waals surface area contributed by atoms with E-state index < -0.39 is 6.10 Å². The average Bonchev–Trinajstić information content (AvgIpc) is 2.66. The zero-order valence-corrected chi connectivity index (χ0v) is 15.0. The lowest BCUT2D eigenvalue weighted by molar-refractivity contribution is 0.227. The van der Waals surface area contributed by atoms with Gasteiger partial charge in [-0.25, -0.2) is 0 Å². The lowest BCUT2D eigenvalue weighted by Crippen LogP contribution is -1.97. The maximum Gasteiger partial charge on any atom is 0.200 e. The van der Waals surface area contributed by atoms with E-state index in [0.29, 0.717) is 11.1 Å². The van der Waals surface area contributed by atoms with Gasteiger partial charge >= 0.3 is 0 Å². The Labute approximate surface area is 151 Å². The maximum atomic E-state index is 10.4. The minimum Gasteiger partial charge on any atom is -0.502 e. The third kappa shape index (κ3) is 3.94. The molecule has 0 saturated heterocycles. The van der Waals surface area contributed by atoms with Gasteiger partial charge in [0.2, 0.25) is 11.5 Å². The third-order valence-electron chi connectivity index (χ3n) is 3.82. The molecule has 7 nitrogen and oxygen atoms in total. The first-order valence-corrected chi connectivity index (χ1v) is 7.71. The molecule has 0 radical (unpaired) electrons. The molecule has 26 heavy (non-hydrogen) atoms. The lowest BCUT2D eigenvalue weighted by atomic mass is 10.1. The molecule has 0 saturated carbocycles. The van der Waals surface area contributed by atoms with Crippen molar-refractivity contribution in [2.45, 2.75) is 6.10 Å². The Hall–Kier alpha value is -3.06. The van der Waals surface area contributed by atoms with Crippen LogP contribution in [0.25, 0.3) is 6.08 Å². The van der Waals surface area contributed by atoms with Crippen molar-refractivity contribution < 1.29 is 34.3 Å². The third-order valence-corrected chi connectivity index (χ3v) is 3.82. The molecule has 0 aliphatic rings. The van der Waals surface area contributed by atoms with Gasteiger partial charge in [-0.1, -0.05) is 12.2 Å². The molecule has 0 aliphatic carbocycles. The van der Waals surface area contributed by atoms with Gasteiger partial charge in [0.15, 0.2) is 23.0 Å². The summed E-state index contributed by atoms with van der Waals surface area (Å²) in [5, 5.41) is 30.3. The highest BCUT2D eigenvalue weighted by Gasteiger charge is 2.15. The second-order valence-corrected chi connectivity index (χ2v) is 5.35. The van der Waals surface area contributed by atoms with E-state index >= 15 is 0 Å². The summed E-state index contributed by atoms with van der Waals surface area (Å²) in [7, 11) is 5.70. The van der Waals surface area contributed by atoms with Crippen LogP contribution in [0.3, 0.4) is 0 Å². The lowest BCUT2D eigenvalue weighted by Gasteiger charge is -2.13. The summed E-state index contributed by atoms with van der Waals surface area (Å²) in [5.74, 6) is 0.668. The van der Waals surface area contributed by atoms with Crippen molar-refractivity contribution in [1.82, 2.24) is 0 Å². The Morgan fingerprint density at radius 3 is 1.50 bits per heavy atom. The first-order chi connectivity index (χ1) is 12.4. The van der Waals surface area contributed by atoms with Crippen LogP contribution in [-0.4, -0.2) is 43.8 Å². The molecule has 0 spiro atoms. The Kier molecular flexibility index (Phi) is 6.19. The van der Waals surface area contributed by atoms with Crippen LogP contribution in [0.4, 0.5) is 0 Å². The van der Waals surface area contributed by atoms with Gasteiger partial charge in [-0.05, 0) is 35.4 Å². The highest BCUT2D eigenvalue weighted by Crippen LogP contribution is 2.40. The Balaban J connectivity index is 2.34. The highest BCUT2D eigenvalue weighted by molar-refractivity contribution is 5.62. The molecule has 0 fully saturated rings. The summed E-state index contributed by atoms with van der Waals surface area (Å²) in [6.07, 6.45) is 2.21. The first kappa shape index (κ1) is 19.3. The van der Waals surface area contributed by atoms with Gasteiger partial charge in [0.1, 0.15) is 0 Å². The van der Waals surface area contributed by atoms with Crippen molar-refractivity contribution in [3.63, 3.8) is 0 Å². The molecule has 2 aromatic rings. The van der Waals surface area contributed by atoms with Gasteiger partial charge in [-0.2, -0.15) is 0 Å². The largest absolute Gasteiger partial charge is 0.502 e. The van der Waals surface area contributed by atoms with Crippen LogP contribution in [-0.2, 0) is 0 Å². The summed E-state index contributed by atoms with van der Waals surface area (Å²) in [5.41, 5.74) is 1.14. The fourth-order valence-electron chi connectivity index (χ4n) is 2.41. The van der Waals surface area contributed by atoms with Crippen molar-refractivity contribution >= 4 is 6.08 Å². The molecule has 2 aromatic carbocycles. The number of aliphatic hydroxyl groups is 1. The van der Waals surface area contributed by atoms with Gasteiger partial charge in [-0.15, -0.1) is 0 Å². The van der Waals surface area contributed by atoms with Crippen molar-refractivity contribution in [3.05, 3.63) is 41.5 Å². The molecule has 1 unspecified atom stereocenters. The number of aliphatic hydroxyl groups excluding tert-OH is 1. The summed E-state index contributed by atoms with van der Waals surface area (Å²) >= 11 is 0. The number of aromatic hydroxyl groups is 2. The number of hydrogen-bond acceptors (Lipinski definition) is 7. The topological polar surface area (TPSA) is 97.6 Å². The first-order valence-electron chi connectivity index (χ1n) is 7.71. The quantitative estimate of drug-likeness (QED) is 0.697. The smallest absolute Gasteiger partial charge is 0.200 e. The average molecular weight is 362 g/mol. The van der Waals surface area contributed by atoms with Gasteiger partial charge < -0.3 is 34.3 Å². The molecule has 140 valence electrons. The molecular weight excluding hydrogens is 340 g/mol. The van der Waals surface area contributed by atoms with Crippen LogP contribution < -0.4 is 18.9 Å². The minimum absolute atomic E-state index is 0.0966. The highest BCUT2D eigenvalue weighted by atomic mass is 16.5. The molecule has 0 aromatic heterocycles. The van der Waals surface area contributed by atoms with Crippen LogP contribution in [0.5, 0.6) is 34.5 Å². The second kappa shape index (κ2) is 8.35. The van der Waals surface area contributed by atoms with E-state index in [4.69, 9.17) is 18.9 Å². The number of benzene rings is 2. The Morgan fingerprint density at radius 1 is 0.731 bits per heavy atom. The van der Waals surface area contributed by atoms with E-state index in [9.17, 15) is 15.3 Å². The fraction of sp³-hybridized carbons (Fsp3) is 0.263. The summed E-state index contributed by atoms with van der Waals surface area (Å²) in [4.78, 5) is 0. The second-order valence-electron chi connectivity index (χ2n) is 5.35. The summed E-state index contributed by atoms with van der Waals surface area (Å²) in [6, 6.07) is 6.26. The van der Waals surface area contributed by atoms with Crippen LogP contribution in [0, 0.1) is 0 Å². The normalized spacial score (nSPS) is 12.0. The van der Waals surface area contributed by atoms with Gasteiger partial charge in [0, 0.05) is 0 Å². The Morgan fingerprint density at radius 2 is 1.12 bits per heavy atom. The fourth-order valence-corrected chi connectivity index (χ4v) is 2.41. The summed E-state index contributed by atoms with van der Waals surface area (Å²) in [6.45, 7) is 0. The Bertz CT molecular complexity index is 748. The number of hydrogen-bond donors (Lipinski definition) is 3. The minimum atomic E-state index is -0.982. The molecule has 3 N–H and O–H groups in total. The molecule has 7 heteroatoms. The molecule has 1 atom stereocenters. The summed E-state index contributed by atoms with van der Waals surface area (Å²) < 4.78 is 20.4. The van der Waals surface area contributed by atoms with Gasteiger partial charge in [0.05, 0.1) is 34.5 Å². The van der Waals surface area contributed by atoms with E-state index in [1.165, 1.54) is 46.6 Å². The van der Waals surface area contributed by atoms with Gasteiger partial charge in [-0.3, -0.25) is 0 Å². The molecule has 0 heterocycles. The zero-order valence-electron chi connectivity index (χ0n) is 15.0. The molecule has 0 amide bonds. The number of rotatable bonds is 7. The van der Waals surface area contributed by atoms with Crippen LogP contribution in [0.2, 0.25) is 0 Å². The van der Waals surface area contributed by atoms with E-state index in [-0.39, 0.29) is 34.5 Å².